The van der Waals surface area contributed by atoms with Crippen molar-refractivity contribution in [3.8, 4) is 0 Å². The van der Waals surface area contributed by atoms with E-state index in [4.69, 9.17) is 40.4 Å². The van der Waals surface area contributed by atoms with Gasteiger partial charge in [0.15, 0.2) is 0 Å². The number of halogens is 4. The van der Waals surface area contributed by atoms with Crippen LogP contribution < -0.4 is 0 Å². The van der Waals surface area contributed by atoms with E-state index in [1.165, 1.54) is 32.2 Å². The average molecular weight is 365 g/mol. The van der Waals surface area contributed by atoms with E-state index in [-0.39, 0.29) is 0 Å². The van der Waals surface area contributed by atoms with Gasteiger partial charge in [-0.25, -0.2) is 0 Å². The minimum absolute atomic E-state index is 1.08. The van der Waals surface area contributed by atoms with Crippen LogP contribution in [0.4, 0.5) is 0 Å². The quantitative estimate of drug-likeness (QED) is 0.500. The summed E-state index contributed by atoms with van der Waals surface area (Å²) in [5.74, 6) is 0. The van der Waals surface area contributed by atoms with Gasteiger partial charge in [-0.1, -0.05) is 26.2 Å². The molecule has 1 rings (SSSR count). The zero-order valence-electron chi connectivity index (χ0n) is 10.2. The summed E-state index contributed by atoms with van der Waals surface area (Å²) in [6.45, 7) is 4.55. The predicted molar refractivity (Wildman–Crippen MR) is 76.0 cm³/mol. The molecule has 0 aromatic heterocycles. The maximum absolute atomic E-state index is 4.97. The van der Waals surface area contributed by atoms with Crippen molar-refractivity contribution in [3.05, 3.63) is 12.4 Å². The van der Waals surface area contributed by atoms with Crippen LogP contribution in [-0.2, 0) is 9.20 Å². The fraction of sp³-hybridized carbons (Fsp3) is 0.800. The molecule has 0 bridgehead atoms. The van der Waals surface area contributed by atoms with Gasteiger partial charge in [0.1, 0.15) is 0 Å². The third kappa shape index (κ3) is 15.0. The molecule has 2 nitrogen and oxygen atoms in total. The molecule has 0 aliphatic carbocycles. The van der Waals surface area contributed by atoms with Crippen LogP contribution in [0.2, 0.25) is 0 Å². The Morgan fingerprint density at radius 1 is 1.06 bits per heavy atom. The molecule has 17 heavy (non-hydrogen) atoms. The first-order valence-corrected chi connectivity index (χ1v) is 12.0. The van der Waals surface area contributed by atoms with Crippen LogP contribution in [0.25, 0.3) is 0 Å². The van der Waals surface area contributed by atoms with Crippen LogP contribution in [-0.4, -0.2) is 30.1 Å². The Kier molecular flexibility index (Phi) is 10.5. The van der Waals surface area contributed by atoms with Gasteiger partial charge in [-0.2, -0.15) is 0 Å². The summed E-state index contributed by atoms with van der Waals surface area (Å²) in [7, 11) is 19.2. The summed E-state index contributed by atoms with van der Waals surface area (Å²) in [5.41, 5.74) is 0. The molecule has 0 fully saturated rings. The van der Waals surface area contributed by atoms with Crippen molar-refractivity contribution in [1.82, 2.24) is 9.80 Å². The Morgan fingerprint density at radius 3 is 2.06 bits per heavy atom. The molecule has 0 aromatic carbocycles. The summed E-state index contributed by atoms with van der Waals surface area (Å²) in [5, 5.41) is 0. The molecule has 0 aromatic rings. The van der Waals surface area contributed by atoms with Crippen LogP contribution in [0.5, 0.6) is 0 Å². The summed E-state index contributed by atoms with van der Waals surface area (Å²) in [6, 6.07) is 0. The second kappa shape index (κ2) is 9.89. The molecule has 0 amide bonds. The first-order valence-electron chi connectivity index (χ1n) is 5.52. The van der Waals surface area contributed by atoms with Crippen molar-refractivity contribution in [2.24, 2.45) is 0 Å². The molecule has 0 spiro atoms. The van der Waals surface area contributed by atoms with E-state index >= 15 is 0 Å². The summed E-state index contributed by atoms with van der Waals surface area (Å²) in [6.07, 6.45) is 9.76. The summed E-state index contributed by atoms with van der Waals surface area (Å²) >= 11 is 0. The Labute approximate surface area is 124 Å². The van der Waals surface area contributed by atoms with Crippen LogP contribution in [0.1, 0.15) is 32.6 Å². The van der Waals surface area contributed by atoms with Gasteiger partial charge in [-0.15, -0.1) is 0 Å². The fourth-order valence-corrected chi connectivity index (χ4v) is 1.48. The van der Waals surface area contributed by atoms with E-state index in [0.29, 0.717) is 0 Å². The molecule has 105 valence electrons. The summed E-state index contributed by atoms with van der Waals surface area (Å²) < 4.78 is 0. The molecule has 1 aliphatic rings. The predicted octanol–water partition coefficient (Wildman–Crippen LogP) is 5.00. The monoisotopic (exact) mass is 363 g/mol. The Bertz CT molecular complexity index is 215. The first kappa shape index (κ1) is 18.0. The zero-order chi connectivity index (χ0) is 13.3. The molecule has 0 radical (unpaired) electrons. The van der Waals surface area contributed by atoms with E-state index < -0.39 is 9.20 Å². The molecule has 0 unspecified atom stereocenters. The molecule has 0 saturated carbocycles. The fourth-order valence-electron chi connectivity index (χ4n) is 1.48. The Balaban J connectivity index is 0.000000437. The molecular weight excluding hydrogens is 345 g/mol. The van der Waals surface area contributed by atoms with Gasteiger partial charge in [0.25, 0.3) is 0 Å². The van der Waals surface area contributed by atoms with Gasteiger partial charge in [-0.05, 0) is 6.42 Å². The van der Waals surface area contributed by atoms with Gasteiger partial charge >= 0.3 is 49.6 Å². The van der Waals surface area contributed by atoms with Gasteiger partial charge in [0.05, 0.1) is 6.67 Å². The van der Waals surface area contributed by atoms with Gasteiger partial charge in [0, 0.05) is 26.0 Å². The van der Waals surface area contributed by atoms with Crippen molar-refractivity contribution in [1.29, 1.82) is 0 Å². The minimum atomic E-state index is -2.74. The molecular formula is C10H20Cl4MnN2. The SMILES string of the molecule is CCCCCCN1C=CN(C)C1.[Cl][Mn]([Cl])([Cl])[Cl]. The van der Waals surface area contributed by atoms with Crippen LogP contribution in [0, 0.1) is 0 Å². The Morgan fingerprint density at radius 2 is 1.65 bits per heavy atom. The van der Waals surface area contributed by atoms with Crippen molar-refractivity contribution < 1.29 is 9.20 Å². The molecule has 7 heteroatoms. The van der Waals surface area contributed by atoms with Crippen molar-refractivity contribution in [3.63, 3.8) is 0 Å². The molecule has 0 N–H and O–H groups in total. The van der Waals surface area contributed by atoms with Crippen LogP contribution >= 0.6 is 40.4 Å². The standard InChI is InChI=1S/C10H20N2.4ClH.Mn/c1-3-4-5-6-7-12-9-8-11(2)10-12;;;;;/h8-9H,3-7,10H2,1-2H3;4*1H;/q;;;;;+4/p-4. The average Bonchev–Trinajstić information content (AvgIpc) is 2.56. The first-order chi connectivity index (χ1) is 7.83. The van der Waals surface area contributed by atoms with E-state index in [2.05, 4.69) is 36.2 Å². The Hall–Kier alpha value is 1.02. The third-order valence-electron chi connectivity index (χ3n) is 2.24. The van der Waals surface area contributed by atoms with E-state index in [1.54, 1.807) is 0 Å². The second-order valence-corrected chi connectivity index (χ2v) is 15.6. The number of unbranched alkanes of at least 4 members (excludes halogenated alkanes) is 3. The molecule has 1 heterocycles. The maximum atomic E-state index is 4.97. The topological polar surface area (TPSA) is 6.48 Å². The van der Waals surface area contributed by atoms with Crippen molar-refractivity contribution in [2.45, 2.75) is 32.6 Å². The molecule has 1 aliphatic heterocycles. The number of rotatable bonds is 5. The van der Waals surface area contributed by atoms with Crippen LogP contribution in [0.15, 0.2) is 12.4 Å². The zero-order valence-corrected chi connectivity index (χ0v) is 14.4. The number of hydrogen-bond donors (Lipinski definition) is 0. The second-order valence-electron chi connectivity index (χ2n) is 3.89. The van der Waals surface area contributed by atoms with Gasteiger partial charge in [0.2, 0.25) is 0 Å². The molecule has 0 atom stereocenters. The van der Waals surface area contributed by atoms with Gasteiger partial charge in [-0.3, -0.25) is 0 Å². The van der Waals surface area contributed by atoms with Gasteiger partial charge < -0.3 is 9.80 Å². The van der Waals surface area contributed by atoms with E-state index in [9.17, 15) is 0 Å². The normalized spacial score (nSPS) is 15.9. The van der Waals surface area contributed by atoms with Crippen molar-refractivity contribution in [2.75, 3.05) is 20.3 Å². The van der Waals surface area contributed by atoms with E-state index in [1.807, 2.05) is 0 Å². The van der Waals surface area contributed by atoms with E-state index in [0.717, 1.165) is 6.67 Å². The molecule has 0 saturated heterocycles. The van der Waals surface area contributed by atoms with Crippen molar-refractivity contribution >= 4 is 40.4 Å². The third-order valence-corrected chi connectivity index (χ3v) is 2.24. The summed E-state index contributed by atoms with van der Waals surface area (Å²) in [4.78, 5) is 4.58. The van der Waals surface area contributed by atoms with Crippen LogP contribution in [0.3, 0.4) is 0 Å². The number of hydrogen-bond acceptors (Lipinski definition) is 2. The number of nitrogens with zero attached hydrogens (tertiary/aromatic N) is 2.